The Labute approximate surface area is 121 Å². The summed E-state index contributed by atoms with van der Waals surface area (Å²) in [4.78, 5) is 16.0. The zero-order valence-electron chi connectivity index (χ0n) is 10.5. The summed E-state index contributed by atoms with van der Waals surface area (Å²) in [6.45, 7) is 2.24. The predicted octanol–water partition coefficient (Wildman–Crippen LogP) is 2.04. The Morgan fingerprint density at radius 3 is 2.79 bits per heavy atom. The summed E-state index contributed by atoms with van der Waals surface area (Å²) in [7, 11) is -3.77. The highest BCUT2D eigenvalue weighted by molar-refractivity contribution is 9.09. The van der Waals surface area contributed by atoms with E-state index in [1.165, 1.54) is 12.3 Å². The molecule has 7 heteroatoms. The highest BCUT2D eigenvalue weighted by atomic mass is 79.9. The van der Waals surface area contributed by atoms with Gasteiger partial charge in [0.25, 0.3) is 15.9 Å². The van der Waals surface area contributed by atoms with Gasteiger partial charge < -0.3 is 0 Å². The van der Waals surface area contributed by atoms with E-state index >= 15 is 0 Å². The average Bonchev–Trinajstić information content (AvgIpc) is 2.60. The van der Waals surface area contributed by atoms with Crippen molar-refractivity contribution in [3.63, 3.8) is 0 Å². The first-order valence-corrected chi connectivity index (χ1v) is 8.66. The summed E-state index contributed by atoms with van der Waals surface area (Å²) < 4.78 is 25.5. The summed E-state index contributed by atoms with van der Waals surface area (Å²) >= 11 is 3.37. The molecule has 1 unspecified atom stereocenters. The Balaban J connectivity index is 2.32. The summed E-state index contributed by atoms with van der Waals surface area (Å²) in [6.07, 6.45) is 3.21. The highest BCUT2D eigenvalue weighted by Crippen LogP contribution is 2.29. The van der Waals surface area contributed by atoms with E-state index in [4.69, 9.17) is 0 Å². The first-order chi connectivity index (χ1) is 9.02. The molecule has 1 aliphatic heterocycles. The van der Waals surface area contributed by atoms with E-state index in [1.807, 2.05) is 6.92 Å². The van der Waals surface area contributed by atoms with E-state index in [-0.39, 0.29) is 23.1 Å². The molecule has 0 saturated heterocycles. The van der Waals surface area contributed by atoms with Gasteiger partial charge in [-0.05, 0) is 24.5 Å². The maximum absolute atomic E-state index is 12.3. The van der Waals surface area contributed by atoms with Gasteiger partial charge in [-0.3, -0.25) is 4.79 Å². The van der Waals surface area contributed by atoms with E-state index in [9.17, 15) is 13.2 Å². The molecule has 104 valence electrons. The van der Waals surface area contributed by atoms with Crippen LogP contribution in [0.5, 0.6) is 0 Å². The average molecular weight is 347 g/mol. The third kappa shape index (κ3) is 2.53. The fourth-order valence-corrected chi connectivity index (χ4v) is 4.24. The standard InChI is InChI=1S/C12H15BrN2O3S/c1-2-4-9(7-13)8-15-12(16)10-5-3-6-14-11(10)19(15,17)18/h3,5-6,9H,2,4,7-8H2,1H3. The molecule has 1 aromatic rings. The number of carbonyl (C=O) groups excluding carboxylic acids is 1. The van der Waals surface area contributed by atoms with Gasteiger partial charge in [0.1, 0.15) is 0 Å². The molecule has 0 bridgehead atoms. The van der Waals surface area contributed by atoms with Crippen LogP contribution >= 0.6 is 15.9 Å². The number of sulfonamides is 1. The second-order valence-corrected chi connectivity index (χ2v) is 6.93. The van der Waals surface area contributed by atoms with Gasteiger partial charge in [0, 0.05) is 18.1 Å². The first-order valence-electron chi connectivity index (χ1n) is 6.10. The highest BCUT2D eigenvalue weighted by Gasteiger charge is 2.42. The molecule has 5 nitrogen and oxygen atoms in total. The van der Waals surface area contributed by atoms with Crippen molar-refractivity contribution < 1.29 is 13.2 Å². The van der Waals surface area contributed by atoms with Crippen molar-refractivity contribution >= 4 is 31.9 Å². The molecule has 0 spiro atoms. The van der Waals surface area contributed by atoms with Crippen LogP contribution in [0, 0.1) is 5.92 Å². The predicted molar refractivity (Wildman–Crippen MR) is 74.7 cm³/mol. The van der Waals surface area contributed by atoms with E-state index in [0.29, 0.717) is 5.33 Å². The van der Waals surface area contributed by atoms with Gasteiger partial charge in [-0.25, -0.2) is 9.29 Å². The number of hydrogen-bond acceptors (Lipinski definition) is 4. The number of alkyl halides is 1. The number of amides is 1. The molecule has 2 heterocycles. The minimum absolute atomic E-state index is 0.121. The Morgan fingerprint density at radius 2 is 2.21 bits per heavy atom. The lowest BCUT2D eigenvalue weighted by Gasteiger charge is -2.20. The van der Waals surface area contributed by atoms with Crippen LogP contribution in [0.25, 0.3) is 0 Å². The van der Waals surface area contributed by atoms with Crippen molar-refractivity contribution in [2.75, 3.05) is 11.9 Å². The topological polar surface area (TPSA) is 67.3 Å². The van der Waals surface area contributed by atoms with Crippen LogP contribution in [0.1, 0.15) is 30.1 Å². The molecule has 0 aliphatic carbocycles. The number of halogens is 1. The zero-order valence-corrected chi connectivity index (χ0v) is 12.9. The van der Waals surface area contributed by atoms with Gasteiger partial charge >= 0.3 is 0 Å². The molecule has 2 rings (SSSR count). The van der Waals surface area contributed by atoms with Crippen molar-refractivity contribution in [1.29, 1.82) is 0 Å². The first kappa shape index (κ1) is 14.5. The maximum Gasteiger partial charge on any atom is 0.285 e. The SMILES string of the molecule is CCCC(CBr)CN1C(=O)c2cccnc2S1(=O)=O. The van der Waals surface area contributed by atoms with Gasteiger partial charge in [0.05, 0.1) is 5.56 Å². The minimum atomic E-state index is -3.77. The lowest BCUT2D eigenvalue weighted by Crippen LogP contribution is -2.35. The van der Waals surface area contributed by atoms with Crippen molar-refractivity contribution in [1.82, 2.24) is 9.29 Å². The molecule has 0 radical (unpaired) electrons. The molecular formula is C12H15BrN2O3S. The van der Waals surface area contributed by atoms with Crippen LogP contribution < -0.4 is 0 Å². The summed E-state index contributed by atoms with van der Waals surface area (Å²) in [5.41, 5.74) is 0.173. The summed E-state index contributed by atoms with van der Waals surface area (Å²) in [6, 6.07) is 3.08. The number of nitrogens with zero attached hydrogens (tertiary/aromatic N) is 2. The molecular weight excluding hydrogens is 332 g/mol. The van der Waals surface area contributed by atoms with Crippen molar-refractivity contribution in [3.8, 4) is 0 Å². The summed E-state index contributed by atoms with van der Waals surface area (Å²) in [5, 5.41) is 0.550. The summed E-state index contributed by atoms with van der Waals surface area (Å²) in [5.74, 6) is -0.344. The second-order valence-electron chi connectivity index (χ2n) is 4.51. The van der Waals surface area contributed by atoms with Crippen LogP contribution in [0.15, 0.2) is 23.4 Å². The largest absolute Gasteiger partial charge is 0.285 e. The smallest absolute Gasteiger partial charge is 0.268 e. The van der Waals surface area contributed by atoms with Crippen molar-refractivity contribution in [3.05, 3.63) is 23.9 Å². The Morgan fingerprint density at radius 1 is 1.47 bits per heavy atom. The van der Waals surface area contributed by atoms with Crippen LogP contribution in [0.4, 0.5) is 0 Å². The normalized spacial score (nSPS) is 18.4. The minimum Gasteiger partial charge on any atom is -0.268 e. The Kier molecular flexibility index (Phi) is 4.25. The molecule has 1 aliphatic rings. The number of rotatable bonds is 5. The number of aromatic nitrogens is 1. The van der Waals surface area contributed by atoms with Crippen LogP contribution in [0.2, 0.25) is 0 Å². The van der Waals surface area contributed by atoms with Gasteiger partial charge in [0.15, 0.2) is 5.03 Å². The fraction of sp³-hybridized carbons (Fsp3) is 0.500. The molecule has 0 N–H and O–H groups in total. The van der Waals surface area contributed by atoms with Crippen molar-refractivity contribution in [2.24, 2.45) is 5.92 Å². The van der Waals surface area contributed by atoms with Crippen molar-refractivity contribution in [2.45, 2.75) is 24.8 Å². The van der Waals surface area contributed by atoms with Gasteiger partial charge in [-0.2, -0.15) is 8.42 Å². The van der Waals surface area contributed by atoms with E-state index < -0.39 is 15.9 Å². The van der Waals surface area contributed by atoms with Crippen LogP contribution in [0.3, 0.4) is 0 Å². The Bertz CT molecular complexity index is 588. The van der Waals surface area contributed by atoms with E-state index in [1.54, 1.807) is 6.07 Å². The van der Waals surface area contributed by atoms with Gasteiger partial charge in [-0.1, -0.05) is 29.3 Å². The molecule has 19 heavy (non-hydrogen) atoms. The van der Waals surface area contributed by atoms with Crippen LogP contribution in [-0.2, 0) is 10.0 Å². The number of fused-ring (bicyclic) bond motifs is 1. The number of carbonyl (C=O) groups is 1. The molecule has 1 atom stereocenters. The lowest BCUT2D eigenvalue weighted by molar-refractivity contribution is 0.0858. The third-order valence-corrected chi connectivity index (χ3v) is 5.73. The van der Waals surface area contributed by atoms with E-state index in [0.717, 1.165) is 17.1 Å². The molecule has 0 saturated carbocycles. The van der Waals surface area contributed by atoms with E-state index in [2.05, 4.69) is 20.9 Å². The number of pyridine rings is 1. The third-order valence-electron chi connectivity index (χ3n) is 3.10. The van der Waals surface area contributed by atoms with Crippen LogP contribution in [-0.4, -0.2) is 35.5 Å². The lowest BCUT2D eigenvalue weighted by atomic mass is 10.1. The number of hydrogen-bond donors (Lipinski definition) is 0. The molecule has 0 aromatic carbocycles. The molecule has 1 amide bonds. The quantitative estimate of drug-likeness (QED) is 0.765. The maximum atomic E-state index is 12.3. The molecule has 0 fully saturated rings. The molecule has 1 aromatic heterocycles. The fourth-order valence-electron chi connectivity index (χ4n) is 2.15. The van der Waals surface area contributed by atoms with Gasteiger partial charge in [-0.15, -0.1) is 0 Å². The van der Waals surface area contributed by atoms with Gasteiger partial charge in [0.2, 0.25) is 0 Å². The Hall–Kier alpha value is -0.950. The monoisotopic (exact) mass is 346 g/mol. The second kappa shape index (κ2) is 5.58. The zero-order chi connectivity index (χ0) is 14.0.